The molecule has 0 spiro atoms. The van der Waals surface area contributed by atoms with Crippen molar-refractivity contribution in [2.24, 2.45) is 0 Å². The molecule has 2 amide bonds. The summed E-state index contributed by atoms with van der Waals surface area (Å²) in [6.45, 7) is 10.4. The van der Waals surface area contributed by atoms with Gasteiger partial charge in [0, 0.05) is 38.4 Å². The molecule has 1 aliphatic rings. The predicted molar refractivity (Wildman–Crippen MR) is 96.0 cm³/mol. The molecule has 1 aromatic heterocycles. The van der Waals surface area contributed by atoms with Gasteiger partial charge in [-0.25, -0.2) is 9.67 Å². The number of hydrogen-bond donors (Lipinski definition) is 1. The summed E-state index contributed by atoms with van der Waals surface area (Å²) in [5.74, 6) is 2.08. The Hall–Kier alpha value is -1.92. The van der Waals surface area contributed by atoms with Crippen LogP contribution in [0.2, 0.25) is 0 Å². The Kier molecular flexibility index (Phi) is 6.96. The number of fused-ring (bicyclic) bond motifs is 1. The van der Waals surface area contributed by atoms with Crippen LogP contribution in [0, 0.1) is 0 Å². The van der Waals surface area contributed by atoms with E-state index in [4.69, 9.17) is 0 Å². The quantitative estimate of drug-likeness (QED) is 0.781. The molecule has 2 heterocycles. The van der Waals surface area contributed by atoms with Crippen LogP contribution in [0.1, 0.15) is 83.4 Å². The largest absolute Gasteiger partial charge is 0.346 e. The van der Waals surface area contributed by atoms with E-state index in [0.717, 1.165) is 44.1 Å². The van der Waals surface area contributed by atoms with E-state index in [1.165, 1.54) is 0 Å². The molecule has 0 fully saturated rings. The second kappa shape index (κ2) is 8.97. The number of hydrogen-bond acceptors (Lipinski definition) is 4. The Bertz CT molecular complexity index is 592. The van der Waals surface area contributed by atoms with Crippen molar-refractivity contribution in [3.8, 4) is 0 Å². The number of rotatable bonds is 8. The highest BCUT2D eigenvalue weighted by atomic mass is 16.2. The molecular formula is C18H31N5O2. The summed E-state index contributed by atoms with van der Waals surface area (Å²) < 4.78 is 1.92. The van der Waals surface area contributed by atoms with Crippen LogP contribution >= 0.6 is 0 Å². The van der Waals surface area contributed by atoms with Crippen molar-refractivity contribution in [1.82, 2.24) is 25.0 Å². The fraction of sp³-hybridized carbons (Fsp3) is 0.778. The van der Waals surface area contributed by atoms with E-state index in [9.17, 15) is 9.59 Å². The summed E-state index contributed by atoms with van der Waals surface area (Å²) >= 11 is 0. The Morgan fingerprint density at radius 2 is 2.00 bits per heavy atom. The molecule has 1 aromatic rings. The first-order valence-electron chi connectivity index (χ1n) is 9.48. The van der Waals surface area contributed by atoms with Gasteiger partial charge < -0.3 is 10.2 Å². The minimum atomic E-state index is -0.0697. The highest BCUT2D eigenvalue weighted by molar-refractivity contribution is 5.79. The molecule has 0 saturated carbocycles. The molecule has 0 bridgehead atoms. The zero-order valence-electron chi connectivity index (χ0n) is 15.9. The van der Waals surface area contributed by atoms with Gasteiger partial charge in [0.1, 0.15) is 5.82 Å². The average Bonchev–Trinajstić information content (AvgIpc) is 3.01. The molecule has 0 aromatic carbocycles. The van der Waals surface area contributed by atoms with Crippen molar-refractivity contribution in [2.75, 3.05) is 13.1 Å². The van der Waals surface area contributed by atoms with Crippen LogP contribution in [0.5, 0.6) is 0 Å². The summed E-state index contributed by atoms with van der Waals surface area (Å²) in [7, 11) is 0. The van der Waals surface area contributed by atoms with Crippen LogP contribution in [0.4, 0.5) is 0 Å². The monoisotopic (exact) mass is 349 g/mol. The van der Waals surface area contributed by atoms with Gasteiger partial charge in [-0.1, -0.05) is 13.8 Å². The molecule has 2 rings (SSSR count). The number of amides is 2. The van der Waals surface area contributed by atoms with Gasteiger partial charge in [0.25, 0.3) is 0 Å². The molecule has 0 unspecified atom stereocenters. The first-order valence-corrected chi connectivity index (χ1v) is 9.48. The zero-order chi connectivity index (χ0) is 18.4. The molecule has 1 N–H and O–H groups in total. The molecule has 25 heavy (non-hydrogen) atoms. The Morgan fingerprint density at radius 1 is 1.28 bits per heavy atom. The van der Waals surface area contributed by atoms with Gasteiger partial charge >= 0.3 is 0 Å². The lowest BCUT2D eigenvalue weighted by Gasteiger charge is -2.23. The van der Waals surface area contributed by atoms with E-state index in [1.54, 1.807) is 4.90 Å². The van der Waals surface area contributed by atoms with Crippen LogP contribution in [-0.2, 0) is 16.1 Å². The van der Waals surface area contributed by atoms with Gasteiger partial charge in [-0.2, -0.15) is 5.10 Å². The first kappa shape index (κ1) is 19.4. The number of nitrogens with zero attached hydrogens (tertiary/aromatic N) is 4. The van der Waals surface area contributed by atoms with Gasteiger partial charge in [-0.05, 0) is 33.1 Å². The molecular weight excluding hydrogens is 318 g/mol. The van der Waals surface area contributed by atoms with E-state index >= 15 is 0 Å². The van der Waals surface area contributed by atoms with Gasteiger partial charge in [-0.3, -0.25) is 9.59 Å². The van der Waals surface area contributed by atoms with Crippen LogP contribution in [0.25, 0.3) is 0 Å². The number of nitrogens with one attached hydrogen (secondary N) is 1. The second-order valence-corrected chi connectivity index (χ2v) is 6.89. The van der Waals surface area contributed by atoms with Crippen molar-refractivity contribution in [3.63, 3.8) is 0 Å². The molecule has 7 heteroatoms. The van der Waals surface area contributed by atoms with Gasteiger partial charge in [0.2, 0.25) is 11.8 Å². The number of aromatic nitrogens is 3. The van der Waals surface area contributed by atoms with Crippen molar-refractivity contribution < 1.29 is 9.59 Å². The molecule has 0 aliphatic carbocycles. The summed E-state index contributed by atoms with van der Waals surface area (Å²) in [5.41, 5.74) is 0. The highest BCUT2D eigenvalue weighted by Gasteiger charge is 2.26. The van der Waals surface area contributed by atoms with Gasteiger partial charge in [-0.15, -0.1) is 0 Å². The molecule has 7 nitrogen and oxygen atoms in total. The lowest BCUT2D eigenvalue weighted by molar-refractivity contribution is -0.131. The van der Waals surface area contributed by atoms with E-state index < -0.39 is 0 Å². The standard InChI is InChI=1S/C18H31N5O2/c1-5-22(6-2)16(25)11-7-10-15(24)19-14-9-8-12-23-18(14)20-17(21-23)13(3)4/h13-14H,5-12H2,1-4H3,(H,19,24)/t14-/m0/s1. The molecule has 1 aliphatic heterocycles. The Morgan fingerprint density at radius 3 is 2.64 bits per heavy atom. The van der Waals surface area contributed by atoms with Crippen molar-refractivity contribution in [3.05, 3.63) is 11.6 Å². The zero-order valence-corrected chi connectivity index (χ0v) is 15.9. The Balaban J connectivity index is 1.85. The van der Waals surface area contributed by atoms with E-state index in [1.807, 2.05) is 18.5 Å². The summed E-state index contributed by atoms with van der Waals surface area (Å²) in [6.07, 6.45) is 3.25. The SMILES string of the molecule is CCN(CC)C(=O)CCCC(=O)N[C@H]1CCCn2nc(C(C)C)nc21. The van der Waals surface area contributed by atoms with Crippen LogP contribution in [-0.4, -0.2) is 44.6 Å². The third-order valence-electron chi connectivity index (χ3n) is 4.65. The predicted octanol–water partition coefficient (Wildman–Crippen LogP) is 2.39. The number of carbonyl (C=O) groups excluding carboxylic acids is 2. The minimum Gasteiger partial charge on any atom is -0.346 e. The van der Waals surface area contributed by atoms with E-state index in [2.05, 4.69) is 29.2 Å². The second-order valence-electron chi connectivity index (χ2n) is 6.89. The average molecular weight is 349 g/mol. The van der Waals surface area contributed by atoms with Crippen LogP contribution in [0.3, 0.4) is 0 Å². The Labute approximate surface area is 150 Å². The van der Waals surface area contributed by atoms with Crippen molar-refractivity contribution in [2.45, 2.75) is 78.3 Å². The van der Waals surface area contributed by atoms with Crippen molar-refractivity contribution in [1.29, 1.82) is 0 Å². The fourth-order valence-corrected chi connectivity index (χ4v) is 3.15. The van der Waals surface area contributed by atoms with E-state index in [-0.39, 0.29) is 23.8 Å². The third-order valence-corrected chi connectivity index (χ3v) is 4.65. The maximum atomic E-state index is 12.3. The van der Waals surface area contributed by atoms with Crippen molar-refractivity contribution >= 4 is 11.8 Å². The normalized spacial score (nSPS) is 16.6. The highest BCUT2D eigenvalue weighted by Crippen LogP contribution is 2.25. The lowest BCUT2D eigenvalue weighted by atomic mass is 10.1. The van der Waals surface area contributed by atoms with Gasteiger partial charge in [0.15, 0.2) is 5.82 Å². The molecule has 140 valence electrons. The smallest absolute Gasteiger partial charge is 0.222 e. The third kappa shape index (κ3) is 5.03. The summed E-state index contributed by atoms with van der Waals surface area (Å²) in [4.78, 5) is 30.7. The number of aryl methyl sites for hydroxylation is 1. The molecule has 0 saturated heterocycles. The van der Waals surface area contributed by atoms with Crippen LogP contribution in [0.15, 0.2) is 0 Å². The molecule has 0 radical (unpaired) electrons. The first-order chi connectivity index (χ1) is 12.0. The van der Waals surface area contributed by atoms with Gasteiger partial charge in [0.05, 0.1) is 6.04 Å². The van der Waals surface area contributed by atoms with E-state index in [0.29, 0.717) is 19.3 Å². The number of carbonyl (C=O) groups is 2. The summed E-state index contributed by atoms with van der Waals surface area (Å²) in [5, 5.41) is 7.61. The molecule has 1 atom stereocenters. The maximum Gasteiger partial charge on any atom is 0.222 e. The maximum absolute atomic E-state index is 12.3. The summed E-state index contributed by atoms with van der Waals surface area (Å²) in [6, 6.07) is -0.0697. The fourth-order valence-electron chi connectivity index (χ4n) is 3.15. The minimum absolute atomic E-state index is 0.0140. The lowest BCUT2D eigenvalue weighted by Crippen LogP contribution is -2.33. The van der Waals surface area contributed by atoms with Crippen LogP contribution < -0.4 is 5.32 Å². The topological polar surface area (TPSA) is 80.1 Å².